The molecule has 55 heavy (non-hydrogen) atoms. The van der Waals surface area contributed by atoms with Gasteiger partial charge in [0, 0.05) is 49.0 Å². The van der Waals surface area contributed by atoms with Crippen LogP contribution >= 0.6 is 0 Å². The molecule has 1 N–H and O–H groups in total. The van der Waals surface area contributed by atoms with Crippen molar-refractivity contribution >= 4 is 28.6 Å². The van der Waals surface area contributed by atoms with Crippen LogP contribution in [-0.4, -0.2) is 69.2 Å². The molecule has 10 nitrogen and oxygen atoms in total. The number of carbonyl (C=O) groups excluding carboxylic acids is 2. The summed E-state index contributed by atoms with van der Waals surface area (Å²) in [4.78, 5) is 33.0. The van der Waals surface area contributed by atoms with Crippen molar-refractivity contribution in [1.29, 1.82) is 0 Å². The van der Waals surface area contributed by atoms with Gasteiger partial charge in [-0.15, -0.1) is 0 Å². The lowest BCUT2D eigenvalue weighted by molar-refractivity contribution is -0.136. The first-order chi connectivity index (χ1) is 26.4. The van der Waals surface area contributed by atoms with Crippen LogP contribution < -0.4 is 10.1 Å². The second-order valence-corrected chi connectivity index (χ2v) is 15.2. The van der Waals surface area contributed by atoms with E-state index in [1.807, 2.05) is 120 Å². The number of nitrogens with zero attached hydrogens (tertiary/aromatic N) is 4. The fourth-order valence-electron chi connectivity index (χ4n) is 7.39. The summed E-state index contributed by atoms with van der Waals surface area (Å²) in [6, 6.07) is 40.8. The number of rotatable bonds is 10. The number of ether oxygens (including phenoxy) is 3. The molecule has 0 saturated carbocycles. The summed E-state index contributed by atoms with van der Waals surface area (Å²) < 4.78 is 19.6. The van der Waals surface area contributed by atoms with E-state index in [0.29, 0.717) is 30.2 Å². The third kappa shape index (κ3) is 7.29. The van der Waals surface area contributed by atoms with Gasteiger partial charge in [-0.1, -0.05) is 91.0 Å². The van der Waals surface area contributed by atoms with Gasteiger partial charge in [-0.2, -0.15) is 5.10 Å². The zero-order chi connectivity index (χ0) is 38.8. The molecule has 0 unspecified atom stereocenters. The van der Waals surface area contributed by atoms with Gasteiger partial charge < -0.3 is 24.4 Å². The van der Waals surface area contributed by atoms with Crippen LogP contribution in [0.5, 0.6) is 5.88 Å². The number of hydrogen-bond donors (Lipinski definition) is 1. The monoisotopic (exact) mass is 737 g/mol. The van der Waals surface area contributed by atoms with E-state index in [0.717, 1.165) is 33.2 Å². The molecule has 0 aliphatic carbocycles. The van der Waals surface area contributed by atoms with E-state index < -0.39 is 22.8 Å². The molecule has 0 bridgehead atoms. The number of fused-ring (bicyclic) bond motifs is 1. The number of methoxy groups -OCH3 is 1. The minimum absolute atomic E-state index is 0.0685. The number of pyridine rings is 1. The van der Waals surface area contributed by atoms with Crippen molar-refractivity contribution < 1.29 is 23.8 Å². The number of nitrogens with one attached hydrogen (secondary N) is 1. The Labute approximate surface area is 322 Å². The summed E-state index contributed by atoms with van der Waals surface area (Å²) in [6.07, 6.45) is 1.50. The van der Waals surface area contributed by atoms with E-state index in [9.17, 15) is 9.59 Å². The zero-order valence-electron chi connectivity index (χ0n) is 32.2. The SMILES string of the molecule is CO[C@@]1(C(=O)Nc2ccc3c(c2)c(-c2ccnc(OC(C)C)c2)nn3C(c2ccccc2)(c2ccccc2)c2ccccc2)CCN(C(=O)OC(C)(C)C)C1. The van der Waals surface area contributed by atoms with Crippen molar-refractivity contribution in [3.63, 3.8) is 0 Å². The van der Waals surface area contributed by atoms with E-state index in [2.05, 4.69) is 51.4 Å². The quantitative estimate of drug-likeness (QED) is 0.140. The lowest BCUT2D eigenvalue weighted by atomic mass is 9.77. The maximum absolute atomic E-state index is 14.1. The molecule has 0 radical (unpaired) electrons. The number of carbonyl (C=O) groups is 2. The van der Waals surface area contributed by atoms with E-state index in [1.165, 1.54) is 12.0 Å². The summed E-state index contributed by atoms with van der Waals surface area (Å²) in [5.74, 6) is 0.135. The number of hydrogen-bond acceptors (Lipinski definition) is 7. The first-order valence-corrected chi connectivity index (χ1v) is 18.6. The topological polar surface area (TPSA) is 108 Å². The summed E-state index contributed by atoms with van der Waals surface area (Å²) in [5, 5.41) is 9.43. The molecule has 3 heterocycles. The first kappa shape index (κ1) is 37.3. The van der Waals surface area contributed by atoms with E-state index in [-0.39, 0.29) is 18.6 Å². The molecule has 0 spiro atoms. The van der Waals surface area contributed by atoms with Gasteiger partial charge >= 0.3 is 6.09 Å². The Balaban J connectivity index is 1.40. The molecule has 7 rings (SSSR count). The van der Waals surface area contributed by atoms with Gasteiger partial charge in [0.1, 0.15) is 16.8 Å². The molecule has 1 atom stereocenters. The fraction of sp³-hybridized carbons (Fsp3) is 0.289. The summed E-state index contributed by atoms with van der Waals surface area (Å²) in [6.45, 7) is 9.78. The summed E-state index contributed by atoms with van der Waals surface area (Å²) in [5.41, 5.74) is 3.15. The number of benzene rings is 4. The van der Waals surface area contributed by atoms with Gasteiger partial charge in [0.15, 0.2) is 5.60 Å². The maximum Gasteiger partial charge on any atom is 0.410 e. The van der Waals surface area contributed by atoms with Gasteiger partial charge in [0.05, 0.1) is 18.2 Å². The summed E-state index contributed by atoms with van der Waals surface area (Å²) in [7, 11) is 1.50. The molecule has 10 heteroatoms. The molecule has 1 aliphatic rings. The van der Waals surface area contributed by atoms with Gasteiger partial charge in [-0.05, 0) is 75.6 Å². The van der Waals surface area contributed by atoms with E-state index >= 15 is 0 Å². The van der Waals surface area contributed by atoms with Crippen molar-refractivity contribution in [3.8, 4) is 17.1 Å². The minimum Gasteiger partial charge on any atom is -0.475 e. The van der Waals surface area contributed by atoms with Crippen molar-refractivity contribution in [2.24, 2.45) is 0 Å². The molecule has 1 fully saturated rings. The van der Waals surface area contributed by atoms with Crippen molar-refractivity contribution in [1.82, 2.24) is 19.7 Å². The second-order valence-electron chi connectivity index (χ2n) is 15.2. The van der Waals surface area contributed by atoms with Crippen LogP contribution in [0.3, 0.4) is 0 Å². The number of amides is 2. The van der Waals surface area contributed by atoms with Crippen LogP contribution in [-0.2, 0) is 19.8 Å². The molecule has 282 valence electrons. The van der Waals surface area contributed by atoms with Crippen LogP contribution in [0, 0.1) is 0 Å². The lowest BCUT2D eigenvalue weighted by Gasteiger charge is -2.37. The molecule has 1 saturated heterocycles. The van der Waals surface area contributed by atoms with E-state index in [4.69, 9.17) is 19.3 Å². The highest BCUT2D eigenvalue weighted by atomic mass is 16.6. The number of aromatic nitrogens is 3. The fourth-order valence-corrected chi connectivity index (χ4v) is 7.39. The Morgan fingerprint density at radius 3 is 1.96 bits per heavy atom. The van der Waals surface area contributed by atoms with Crippen molar-refractivity contribution in [2.75, 3.05) is 25.5 Å². The van der Waals surface area contributed by atoms with Gasteiger partial charge in [-0.25, -0.2) is 14.5 Å². The normalized spacial score (nSPS) is 16.0. The smallest absolute Gasteiger partial charge is 0.410 e. The van der Waals surface area contributed by atoms with Gasteiger partial charge in [0.25, 0.3) is 5.91 Å². The molecule has 2 aromatic heterocycles. The highest BCUT2D eigenvalue weighted by Gasteiger charge is 2.48. The average Bonchev–Trinajstić information content (AvgIpc) is 3.80. The van der Waals surface area contributed by atoms with Crippen LogP contribution in [0.1, 0.15) is 57.7 Å². The highest BCUT2D eigenvalue weighted by Crippen LogP contribution is 2.44. The standard InChI is InChI=1S/C45H47N5O5/c1-31(2)54-39-28-32(24-26-46-39)40-37-29-36(47-41(51)44(53-6)25-27-49(30-44)42(52)55-43(3,4)5)22-23-38(37)50(48-40)45(33-16-10-7-11-17-33,34-18-12-8-13-19-34)35-20-14-9-15-21-35/h7-24,26,28-29,31H,25,27,30H2,1-6H3,(H,47,51)/t44-/m0/s1. The van der Waals surface area contributed by atoms with Crippen molar-refractivity contribution in [2.45, 2.75) is 63.9 Å². The first-order valence-electron chi connectivity index (χ1n) is 18.6. The number of likely N-dealkylation sites (tertiary alicyclic amines) is 1. The van der Waals surface area contributed by atoms with Gasteiger partial charge in [0.2, 0.25) is 5.88 Å². The zero-order valence-corrected chi connectivity index (χ0v) is 32.2. The molecular weight excluding hydrogens is 691 g/mol. The molecule has 4 aromatic carbocycles. The third-order valence-electron chi connectivity index (χ3n) is 9.88. The largest absolute Gasteiger partial charge is 0.475 e. The van der Waals surface area contributed by atoms with Gasteiger partial charge in [-0.3, -0.25) is 4.79 Å². The highest BCUT2D eigenvalue weighted by molar-refractivity contribution is 6.02. The van der Waals surface area contributed by atoms with Crippen LogP contribution in [0.2, 0.25) is 0 Å². The Bertz CT molecular complexity index is 2190. The van der Waals surface area contributed by atoms with Crippen molar-refractivity contribution in [3.05, 3.63) is 144 Å². The molecular formula is C45H47N5O5. The lowest BCUT2D eigenvalue weighted by Crippen LogP contribution is -2.48. The average molecular weight is 738 g/mol. The predicted octanol–water partition coefficient (Wildman–Crippen LogP) is 8.69. The third-order valence-corrected chi connectivity index (χ3v) is 9.88. The van der Waals surface area contributed by atoms with Crippen LogP contribution in [0.25, 0.3) is 22.2 Å². The molecule has 2 amide bonds. The Hall–Kier alpha value is -6.00. The Morgan fingerprint density at radius 1 is 0.818 bits per heavy atom. The molecule has 1 aliphatic heterocycles. The predicted molar refractivity (Wildman–Crippen MR) is 214 cm³/mol. The minimum atomic E-state index is -1.25. The van der Waals surface area contributed by atoms with Crippen LogP contribution in [0.4, 0.5) is 10.5 Å². The molecule has 6 aromatic rings. The summed E-state index contributed by atoms with van der Waals surface area (Å²) >= 11 is 0. The maximum atomic E-state index is 14.1. The number of anilines is 1. The Kier molecular flexibility index (Phi) is 10.2. The second kappa shape index (κ2) is 15.0. The van der Waals surface area contributed by atoms with Crippen LogP contribution in [0.15, 0.2) is 128 Å². The Morgan fingerprint density at radius 2 is 1.42 bits per heavy atom. The van der Waals surface area contributed by atoms with E-state index in [1.54, 1.807) is 6.20 Å².